The van der Waals surface area contributed by atoms with Crippen molar-refractivity contribution in [2.24, 2.45) is 0 Å². The van der Waals surface area contributed by atoms with Gasteiger partial charge in [-0.3, -0.25) is 9.48 Å². The number of hydrogen-bond donors (Lipinski definition) is 0. The number of ether oxygens (including phenoxy) is 1. The Morgan fingerprint density at radius 1 is 1.40 bits per heavy atom. The summed E-state index contributed by atoms with van der Waals surface area (Å²) in [4.78, 5) is 12.5. The highest BCUT2D eigenvalue weighted by molar-refractivity contribution is 6.33. The molecule has 5 heteroatoms. The van der Waals surface area contributed by atoms with Gasteiger partial charge in [0.1, 0.15) is 11.4 Å². The lowest BCUT2D eigenvalue weighted by Crippen LogP contribution is -2.13. The number of aryl methyl sites for hydroxylation is 1. The van der Waals surface area contributed by atoms with E-state index >= 15 is 0 Å². The summed E-state index contributed by atoms with van der Waals surface area (Å²) >= 11 is 6.08. The summed E-state index contributed by atoms with van der Waals surface area (Å²) in [6.07, 6.45) is 2.67. The van der Waals surface area contributed by atoms with Gasteiger partial charge in [0.15, 0.2) is 5.78 Å². The van der Waals surface area contributed by atoms with E-state index in [1.165, 1.54) is 6.20 Å². The molecule has 1 aromatic heterocycles. The number of benzene rings is 1. The maximum atomic E-state index is 12.5. The fraction of sp³-hybridized carbons (Fsp3) is 0.333. The number of ketones is 1. The van der Waals surface area contributed by atoms with E-state index in [1.54, 1.807) is 11.8 Å². The van der Waals surface area contributed by atoms with Crippen molar-refractivity contribution in [3.63, 3.8) is 0 Å². The maximum Gasteiger partial charge on any atom is 0.186 e. The molecule has 0 radical (unpaired) electrons. The summed E-state index contributed by atoms with van der Waals surface area (Å²) < 4.78 is 6.93. The van der Waals surface area contributed by atoms with Gasteiger partial charge in [-0.2, -0.15) is 5.10 Å². The molecule has 2 rings (SSSR count). The monoisotopic (exact) mass is 292 g/mol. The number of carbonyl (C=O) groups is 1. The van der Waals surface area contributed by atoms with Crippen molar-refractivity contribution in [2.45, 2.75) is 26.3 Å². The van der Waals surface area contributed by atoms with Crippen LogP contribution in [0.15, 0.2) is 30.5 Å². The molecule has 20 heavy (non-hydrogen) atoms. The molecule has 0 N–H and O–H groups in total. The van der Waals surface area contributed by atoms with Crippen molar-refractivity contribution in [1.29, 1.82) is 0 Å². The third kappa shape index (κ3) is 3.02. The zero-order chi connectivity index (χ0) is 14.5. The molecule has 0 atom stereocenters. The Morgan fingerprint density at radius 3 is 2.85 bits per heavy atom. The molecule has 0 spiro atoms. The third-order valence-corrected chi connectivity index (χ3v) is 3.31. The third-order valence-electron chi connectivity index (χ3n) is 3.04. The van der Waals surface area contributed by atoms with E-state index < -0.39 is 0 Å². The summed E-state index contributed by atoms with van der Waals surface area (Å²) in [6, 6.07) is 7.48. The zero-order valence-electron chi connectivity index (χ0n) is 11.6. The first kappa shape index (κ1) is 14.6. The van der Waals surface area contributed by atoms with Gasteiger partial charge >= 0.3 is 0 Å². The van der Waals surface area contributed by atoms with Crippen LogP contribution in [0.25, 0.3) is 0 Å². The predicted molar refractivity (Wildman–Crippen MR) is 78.6 cm³/mol. The second-order valence-electron chi connectivity index (χ2n) is 4.48. The molecule has 106 valence electrons. The molecule has 0 aliphatic heterocycles. The highest BCUT2D eigenvalue weighted by atomic mass is 35.5. The number of rotatable bonds is 6. The molecule has 1 heterocycles. The summed E-state index contributed by atoms with van der Waals surface area (Å²) in [6.45, 7) is 2.71. The average molecular weight is 293 g/mol. The SMILES string of the molecule is CCCn1ncc(Cl)c1C(=O)Cc1ccccc1OC. The quantitative estimate of drug-likeness (QED) is 0.767. The molecule has 4 nitrogen and oxygen atoms in total. The highest BCUT2D eigenvalue weighted by Gasteiger charge is 2.18. The fourth-order valence-electron chi connectivity index (χ4n) is 2.13. The topological polar surface area (TPSA) is 44.1 Å². The number of Topliss-reactive ketones (excluding diaryl/α,β-unsaturated/α-hetero) is 1. The Hall–Kier alpha value is -1.81. The van der Waals surface area contributed by atoms with Crippen molar-refractivity contribution in [3.8, 4) is 5.75 Å². The second kappa shape index (κ2) is 6.57. The van der Waals surface area contributed by atoms with Crippen LogP contribution in [0.2, 0.25) is 5.02 Å². The zero-order valence-corrected chi connectivity index (χ0v) is 12.4. The predicted octanol–water partition coefficient (Wildman–Crippen LogP) is 3.38. The first-order valence-corrected chi connectivity index (χ1v) is 6.91. The van der Waals surface area contributed by atoms with Crippen LogP contribution in [0, 0.1) is 0 Å². The van der Waals surface area contributed by atoms with Gasteiger partial charge in [-0.15, -0.1) is 0 Å². The molecule has 0 aliphatic carbocycles. The first-order chi connectivity index (χ1) is 9.67. The number of nitrogens with zero attached hydrogens (tertiary/aromatic N) is 2. The van der Waals surface area contributed by atoms with Crippen LogP contribution in [0.5, 0.6) is 5.75 Å². The fourth-order valence-corrected chi connectivity index (χ4v) is 2.37. The molecule has 0 saturated heterocycles. The largest absolute Gasteiger partial charge is 0.496 e. The first-order valence-electron chi connectivity index (χ1n) is 6.53. The van der Waals surface area contributed by atoms with Gasteiger partial charge in [0.2, 0.25) is 0 Å². The summed E-state index contributed by atoms with van der Waals surface area (Å²) in [5, 5.41) is 4.54. The minimum Gasteiger partial charge on any atom is -0.496 e. The smallest absolute Gasteiger partial charge is 0.186 e. The molecule has 0 amide bonds. The summed E-state index contributed by atoms with van der Waals surface area (Å²) in [5.41, 5.74) is 1.32. The van der Waals surface area contributed by atoms with Gasteiger partial charge in [-0.05, 0) is 12.5 Å². The number of methoxy groups -OCH3 is 1. The standard InChI is InChI=1S/C15H17ClN2O2/c1-3-8-18-15(12(16)10-17-18)13(19)9-11-6-4-5-7-14(11)20-2/h4-7,10H,3,8-9H2,1-2H3. The van der Waals surface area contributed by atoms with Crippen LogP contribution >= 0.6 is 11.6 Å². The van der Waals surface area contributed by atoms with Gasteiger partial charge < -0.3 is 4.74 Å². The maximum absolute atomic E-state index is 12.5. The normalized spacial score (nSPS) is 10.6. The molecule has 2 aromatic rings. The van der Waals surface area contributed by atoms with Gasteiger partial charge in [0, 0.05) is 18.5 Å². The lowest BCUT2D eigenvalue weighted by atomic mass is 10.1. The number of para-hydroxylation sites is 1. The minimum atomic E-state index is -0.0505. The molecule has 1 aromatic carbocycles. The Balaban J connectivity index is 2.26. The van der Waals surface area contributed by atoms with Crippen LogP contribution in [0.1, 0.15) is 29.4 Å². The van der Waals surface area contributed by atoms with Gasteiger partial charge in [0.05, 0.1) is 18.3 Å². The van der Waals surface area contributed by atoms with Crippen LogP contribution in [-0.2, 0) is 13.0 Å². The lowest BCUT2D eigenvalue weighted by Gasteiger charge is -2.09. The Labute approximate surface area is 123 Å². The van der Waals surface area contributed by atoms with Crippen LogP contribution in [0.3, 0.4) is 0 Å². The van der Waals surface area contributed by atoms with Crippen LogP contribution < -0.4 is 4.74 Å². The number of halogens is 1. The Bertz CT molecular complexity index is 608. The lowest BCUT2D eigenvalue weighted by molar-refractivity contribution is 0.0981. The molecule has 0 bridgehead atoms. The van der Waals surface area contributed by atoms with E-state index in [9.17, 15) is 4.79 Å². The summed E-state index contributed by atoms with van der Waals surface area (Å²) in [5.74, 6) is 0.656. The Kier molecular flexibility index (Phi) is 4.79. The minimum absolute atomic E-state index is 0.0505. The number of carbonyl (C=O) groups excluding carboxylic acids is 1. The van der Waals surface area contributed by atoms with Crippen LogP contribution in [0.4, 0.5) is 0 Å². The van der Waals surface area contributed by atoms with Crippen molar-refractivity contribution < 1.29 is 9.53 Å². The van der Waals surface area contributed by atoms with E-state index in [0.29, 0.717) is 23.0 Å². The molecular weight excluding hydrogens is 276 g/mol. The van der Waals surface area contributed by atoms with Gasteiger partial charge in [-0.25, -0.2) is 0 Å². The van der Waals surface area contributed by atoms with Gasteiger partial charge in [0.25, 0.3) is 0 Å². The highest BCUT2D eigenvalue weighted by Crippen LogP contribution is 2.22. The molecule has 0 saturated carbocycles. The van der Waals surface area contributed by atoms with E-state index in [1.807, 2.05) is 31.2 Å². The van der Waals surface area contributed by atoms with Crippen molar-refractivity contribution in [1.82, 2.24) is 9.78 Å². The summed E-state index contributed by atoms with van der Waals surface area (Å²) in [7, 11) is 1.59. The van der Waals surface area contributed by atoms with Gasteiger partial charge in [-0.1, -0.05) is 36.7 Å². The van der Waals surface area contributed by atoms with E-state index in [-0.39, 0.29) is 12.2 Å². The van der Waals surface area contributed by atoms with Crippen molar-refractivity contribution in [2.75, 3.05) is 7.11 Å². The molecule has 0 unspecified atom stereocenters. The van der Waals surface area contributed by atoms with Crippen LogP contribution in [-0.4, -0.2) is 22.7 Å². The molecule has 0 fully saturated rings. The average Bonchev–Trinajstić information content (AvgIpc) is 2.81. The van der Waals surface area contributed by atoms with Crippen molar-refractivity contribution in [3.05, 3.63) is 46.7 Å². The van der Waals surface area contributed by atoms with E-state index in [0.717, 1.165) is 12.0 Å². The number of aromatic nitrogens is 2. The number of hydrogen-bond acceptors (Lipinski definition) is 3. The Morgan fingerprint density at radius 2 is 2.15 bits per heavy atom. The van der Waals surface area contributed by atoms with E-state index in [4.69, 9.17) is 16.3 Å². The molecule has 0 aliphatic rings. The van der Waals surface area contributed by atoms with Crippen molar-refractivity contribution >= 4 is 17.4 Å². The van der Waals surface area contributed by atoms with E-state index in [2.05, 4.69) is 5.10 Å². The molecular formula is C15H17ClN2O2. The second-order valence-corrected chi connectivity index (χ2v) is 4.88.